The van der Waals surface area contributed by atoms with E-state index < -0.39 is 0 Å². The van der Waals surface area contributed by atoms with Crippen LogP contribution in [0.3, 0.4) is 0 Å². The van der Waals surface area contributed by atoms with Gasteiger partial charge in [-0.15, -0.1) is 0 Å². The molecule has 1 aromatic heterocycles. The third-order valence-corrected chi connectivity index (χ3v) is 3.33. The fraction of sp³-hybridized carbons (Fsp3) is 0.231. The first-order valence-corrected chi connectivity index (χ1v) is 6.53. The Bertz CT molecular complexity index is 523. The van der Waals surface area contributed by atoms with E-state index in [1.54, 1.807) is 6.20 Å². The highest BCUT2D eigenvalue weighted by molar-refractivity contribution is 9.10. The standard InChI is InChI=1S/C13H12BrClN2/c1-8(2)9-3-5-10(6-4-9)12-11(14)7-16-13(15)17-12/h3-8H,1-2H3. The number of benzene rings is 1. The van der Waals surface area contributed by atoms with Crippen LogP contribution >= 0.6 is 27.5 Å². The van der Waals surface area contributed by atoms with Crippen molar-refractivity contribution in [2.45, 2.75) is 19.8 Å². The van der Waals surface area contributed by atoms with Gasteiger partial charge in [0.15, 0.2) is 0 Å². The highest BCUT2D eigenvalue weighted by Gasteiger charge is 2.07. The van der Waals surface area contributed by atoms with Gasteiger partial charge in [-0.1, -0.05) is 38.1 Å². The number of halogens is 2. The summed E-state index contributed by atoms with van der Waals surface area (Å²) in [7, 11) is 0. The molecule has 0 spiro atoms. The molecule has 17 heavy (non-hydrogen) atoms. The van der Waals surface area contributed by atoms with Gasteiger partial charge in [-0.2, -0.15) is 0 Å². The molecule has 0 radical (unpaired) electrons. The van der Waals surface area contributed by atoms with E-state index in [-0.39, 0.29) is 5.28 Å². The molecule has 2 rings (SSSR count). The molecular formula is C13H12BrClN2. The van der Waals surface area contributed by atoms with Crippen LogP contribution in [0.2, 0.25) is 5.28 Å². The maximum absolute atomic E-state index is 5.81. The van der Waals surface area contributed by atoms with E-state index in [9.17, 15) is 0 Å². The smallest absolute Gasteiger partial charge is 0.222 e. The molecule has 88 valence electrons. The van der Waals surface area contributed by atoms with E-state index >= 15 is 0 Å². The summed E-state index contributed by atoms with van der Waals surface area (Å²) in [6.45, 7) is 4.35. The summed E-state index contributed by atoms with van der Waals surface area (Å²) >= 11 is 9.24. The van der Waals surface area contributed by atoms with Crippen LogP contribution in [0.15, 0.2) is 34.9 Å². The third kappa shape index (κ3) is 2.85. The van der Waals surface area contributed by atoms with Crippen molar-refractivity contribution in [3.63, 3.8) is 0 Å². The Balaban J connectivity index is 2.43. The van der Waals surface area contributed by atoms with Crippen LogP contribution in [0.1, 0.15) is 25.3 Å². The molecule has 2 nitrogen and oxygen atoms in total. The first-order chi connectivity index (χ1) is 8.08. The van der Waals surface area contributed by atoms with Crippen LogP contribution in [0.25, 0.3) is 11.3 Å². The van der Waals surface area contributed by atoms with Gasteiger partial charge in [0.2, 0.25) is 5.28 Å². The molecule has 0 aliphatic carbocycles. The lowest BCUT2D eigenvalue weighted by Crippen LogP contribution is -1.91. The van der Waals surface area contributed by atoms with E-state index in [1.807, 2.05) is 0 Å². The van der Waals surface area contributed by atoms with Gasteiger partial charge in [0.05, 0.1) is 10.2 Å². The number of aromatic nitrogens is 2. The zero-order valence-electron chi connectivity index (χ0n) is 9.61. The molecule has 0 N–H and O–H groups in total. The van der Waals surface area contributed by atoms with Gasteiger partial charge in [0, 0.05) is 11.8 Å². The summed E-state index contributed by atoms with van der Waals surface area (Å²) in [6, 6.07) is 8.34. The molecule has 0 saturated carbocycles. The average Bonchev–Trinajstić information content (AvgIpc) is 2.32. The predicted octanol–water partition coefficient (Wildman–Crippen LogP) is 4.68. The van der Waals surface area contributed by atoms with Crippen molar-refractivity contribution in [3.05, 3.63) is 45.8 Å². The molecule has 1 heterocycles. The molecule has 0 atom stereocenters. The van der Waals surface area contributed by atoms with Crippen molar-refractivity contribution < 1.29 is 0 Å². The first kappa shape index (κ1) is 12.5. The SMILES string of the molecule is CC(C)c1ccc(-c2nc(Cl)ncc2Br)cc1. The van der Waals surface area contributed by atoms with Crippen molar-refractivity contribution in [1.29, 1.82) is 0 Å². The zero-order valence-corrected chi connectivity index (χ0v) is 12.0. The summed E-state index contributed by atoms with van der Waals surface area (Å²) in [5, 5.41) is 0.260. The lowest BCUT2D eigenvalue weighted by atomic mass is 10.0. The van der Waals surface area contributed by atoms with Crippen molar-refractivity contribution in [1.82, 2.24) is 9.97 Å². The van der Waals surface area contributed by atoms with E-state index in [0.29, 0.717) is 5.92 Å². The van der Waals surface area contributed by atoms with Crippen LogP contribution in [0, 0.1) is 0 Å². The second-order valence-electron chi connectivity index (χ2n) is 4.11. The molecule has 0 fully saturated rings. The maximum Gasteiger partial charge on any atom is 0.222 e. The zero-order chi connectivity index (χ0) is 12.4. The Labute approximate surface area is 114 Å². The number of nitrogens with zero attached hydrogens (tertiary/aromatic N) is 2. The fourth-order valence-corrected chi connectivity index (χ4v) is 2.13. The van der Waals surface area contributed by atoms with Crippen LogP contribution in [-0.4, -0.2) is 9.97 Å². The minimum absolute atomic E-state index is 0.260. The highest BCUT2D eigenvalue weighted by Crippen LogP contribution is 2.27. The Hall–Kier alpha value is -0.930. The van der Waals surface area contributed by atoms with Crippen molar-refractivity contribution in [2.75, 3.05) is 0 Å². The van der Waals surface area contributed by atoms with Crippen molar-refractivity contribution in [3.8, 4) is 11.3 Å². The summed E-state index contributed by atoms with van der Waals surface area (Å²) in [5.41, 5.74) is 3.16. The van der Waals surface area contributed by atoms with Gasteiger partial charge in [0.25, 0.3) is 0 Å². The van der Waals surface area contributed by atoms with Gasteiger partial charge in [0.1, 0.15) is 0 Å². The minimum atomic E-state index is 0.260. The van der Waals surface area contributed by atoms with Gasteiger partial charge in [-0.25, -0.2) is 9.97 Å². The lowest BCUT2D eigenvalue weighted by molar-refractivity contribution is 0.867. The first-order valence-electron chi connectivity index (χ1n) is 5.36. The monoisotopic (exact) mass is 310 g/mol. The molecule has 2 aromatic rings. The second kappa shape index (κ2) is 5.15. The van der Waals surface area contributed by atoms with Crippen molar-refractivity contribution >= 4 is 27.5 Å². The number of rotatable bonds is 2. The summed E-state index contributed by atoms with van der Waals surface area (Å²) in [6.07, 6.45) is 1.67. The predicted molar refractivity (Wildman–Crippen MR) is 74.3 cm³/mol. The normalized spacial score (nSPS) is 10.9. The third-order valence-electron chi connectivity index (χ3n) is 2.57. The van der Waals surface area contributed by atoms with E-state index in [0.717, 1.165) is 15.7 Å². The number of hydrogen-bond donors (Lipinski definition) is 0. The van der Waals surface area contributed by atoms with Crippen LogP contribution in [-0.2, 0) is 0 Å². The molecule has 1 aromatic carbocycles. The Morgan fingerprint density at radius 3 is 2.41 bits per heavy atom. The largest absolute Gasteiger partial charge is 0.225 e. The molecule has 0 unspecified atom stereocenters. The summed E-state index contributed by atoms with van der Waals surface area (Å²) < 4.78 is 0.846. The van der Waals surface area contributed by atoms with Crippen molar-refractivity contribution in [2.24, 2.45) is 0 Å². The molecular weight excluding hydrogens is 300 g/mol. The maximum atomic E-state index is 5.81. The molecule has 0 saturated heterocycles. The molecule has 0 amide bonds. The van der Waals surface area contributed by atoms with Crippen LogP contribution in [0.5, 0.6) is 0 Å². The lowest BCUT2D eigenvalue weighted by Gasteiger charge is -2.07. The summed E-state index contributed by atoms with van der Waals surface area (Å²) in [4.78, 5) is 8.14. The number of hydrogen-bond acceptors (Lipinski definition) is 2. The molecule has 0 aliphatic rings. The fourth-order valence-electron chi connectivity index (χ4n) is 1.57. The minimum Gasteiger partial charge on any atom is -0.225 e. The van der Waals surface area contributed by atoms with Crippen LogP contribution in [0.4, 0.5) is 0 Å². The topological polar surface area (TPSA) is 25.8 Å². The Kier molecular flexibility index (Phi) is 3.79. The van der Waals surface area contributed by atoms with E-state index in [4.69, 9.17) is 11.6 Å². The molecule has 4 heteroatoms. The van der Waals surface area contributed by atoms with Gasteiger partial charge in [-0.05, 0) is 39.0 Å². The molecule has 0 aliphatic heterocycles. The van der Waals surface area contributed by atoms with Gasteiger partial charge < -0.3 is 0 Å². The second-order valence-corrected chi connectivity index (χ2v) is 5.30. The quantitative estimate of drug-likeness (QED) is 0.752. The average molecular weight is 312 g/mol. The van der Waals surface area contributed by atoms with E-state index in [2.05, 4.69) is 64.0 Å². The van der Waals surface area contributed by atoms with E-state index in [1.165, 1.54) is 5.56 Å². The van der Waals surface area contributed by atoms with Crippen LogP contribution < -0.4 is 0 Å². The Morgan fingerprint density at radius 2 is 1.82 bits per heavy atom. The highest BCUT2D eigenvalue weighted by atomic mass is 79.9. The molecule has 0 bridgehead atoms. The summed E-state index contributed by atoms with van der Waals surface area (Å²) in [5.74, 6) is 0.529. The van der Waals surface area contributed by atoms with Gasteiger partial charge in [-0.3, -0.25) is 0 Å². The van der Waals surface area contributed by atoms with Gasteiger partial charge >= 0.3 is 0 Å². The Morgan fingerprint density at radius 1 is 1.18 bits per heavy atom.